The summed E-state index contributed by atoms with van der Waals surface area (Å²) in [5.74, 6) is 0. The van der Waals surface area contributed by atoms with Crippen LogP contribution in [0.2, 0.25) is 0 Å². The molecule has 1 aliphatic heterocycles. The van der Waals surface area contributed by atoms with Crippen molar-refractivity contribution in [3.8, 4) is 0 Å². The third kappa shape index (κ3) is 5.84. The Morgan fingerprint density at radius 3 is 2.24 bits per heavy atom. The zero-order valence-electron chi connectivity index (χ0n) is 12.2. The van der Waals surface area contributed by atoms with E-state index in [0.717, 1.165) is 12.6 Å². The molecule has 0 bridgehead atoms. The molecule has 3 nitrogen and oxygen atoms in total. The van der Waals surface area contributed by atoms with Gasteiger partial charge in [0.2, 0.25) is 0 Å². The predicted molar refractivity (Wildman–Crippen MR) is 75.5 cm³/mol. The van der Waals surface area contributed by atoms with Gasteiger partial charge in [-0.2, -0.15) is 0 Å². The minimum atomic E-state index is 0.624. The summed E-state index contributed by atoms with van der Waals surface area (Å²) in [7, 11) is 0. The lowest BCUT2D eigenvalue weighted by Gasteiger charge is -2.37. The topological polar surface area (TPSA) is 18.5 Å². The van der Waals surface area contributed by atoms with Gasteiger partial charge in [0.25, 0.3) is 0 Å². The molecule has 0 radical (unpaired) electrons. The Morgan fingerprint density at radius 1 is 1.06 bits per heavy atom. The van der Waals surface area contributed by atoms with Crippen molar-refractivity contribution < 1.29 is 0 Å². The number of nitrogens with zero attached hydrogens (tertiary/aromatic N) is 2. The van der Waals surface area contributed by atoms with E-state index in [0.29, 0.717) is 6.04 Å². The first-order valence-electron chi connectivity index (χ1n) is 7.33. The molecule has 1 rings (SSSR count). The van der Waals surface area contributed by atoms with Crippen LogP contribution in [0.5, 0.6) is 0 Å². The number of piperazine rings is 1. The lowest BCUT2D eigenvalue weighted by molar-refractivity contribution is 0.101. The molecule has 0 aliphatic carbocycles. The second-order valence-corrected chi connectivity index (χ2v) is 5.57. The maximum atomic E-state index is 3.49. The van der Waals surface area contributed by atoms with Gasteiger partial charge in [-0.25, -0.2) is 0 Å². The highest BCUT2D eigenvalue weighted by Crippen LogP contribution is 2.10. The largest absolute Gasteiger partial charge is 0.315 e. The molecular formula is C14H31N3. The molecular weight excluding hydrogens is 210 g/mol. The Balaban J connectivity index is 2.09. The maximum absolute atomic E-state index is 3.49. The highest BCUT2D eigenvalue weighted by atomic mass is 15.3. The van der Waals surface area contributed by atoms with Gasteiger partial charge >= 0.3 is 0 Å². The highest BCUT2D eigenvalue weighted by molar-refractivity contribution is 4.75. The molecule has 1 saturated heterocycles. The molecule has 17 heavy (non-hydrogen) atoms. The van der Waals surface area contributed by atoms with E-state index in [9.17, 15) is 0 Å². The minimum Gasteiger partial charge on any atom is -0.315 e. The minimum absolute atomic E-state index is 0.624. The summed E-state index contributed by atoms with van der Waals surface area (Å²) >= 11 is 0. The first-order chi connectivity index (χ1) is 8.13. The molecule has 1 aliphatic rings. The van der Waals surface area contributed by atoms with Crippen molar-refractivity contribution in [1.82, 2.24) is 15.1 Å². The quantitative estimate of drug-likeness (QED) is 0.686. The van der Waals surface area contributed by atoms with Crippen molar-refractivity contribution in [2.45, 2.75) is 52.6 Å². The van der Waals surface area contributed by atoms with Gasteiger partial charge in [0, 0.05) is 38.3 Å². The summed E-state index contributed by atoms with van der Waals surface area (Å²) < 4.78 is 0. The number of rotatable bonds is 7. The van der Waals surface area contributed by atoms with E-state index in [1.165, 1.54) is 45.6 Å². The summed E-state index contributed by atoms with van der Waals surface area (Å²) in [5.41, 5.74) is 0. The lowest BCUT2D eigenvalue weighted by Crippen LogP contribution is -2.49. The fraction of sp³-hybridized carbons (Fsp3) is 1.00. The van der Waals surface area contributed by atoms with Crippen LogP contribution in [0.3, 0.4) is 0 Å². The van der Waals surface area contributed by atoms with E-state index < -0.39 is 0 Å². The van der Waals surface area contributed by atoms with Crippen molar-refractivity contribution in [3.63, 3.8) is 0 Å². The van der Waals surface area contributed by atoms with Crippen LogP contribution < -0.4 is 5.32 Å². The molecule has 0 aromatic heterocycles. The summed E-state index contributed by atoms with van der Waals surface area (Å²) in [6, 6.07) is 1.38. The van der Waals surface area contributed by atoms with E-state index in [4.69, 9.17) is 0 Å². The van der Waals surface area contributed by atoms with Gasteiger partial charge in [0.1, 0.15) is 0 Å². The molecule has 0 spiro atoms. The monoisotopic (exact) mass is 241 g/mol. The third-order valence-corrected chi connectivity index (χ3v) is 3.83. The molecule has 3 heteroatoms. The van der Waals surface area contributed by atoms with Crippen LogP contribution in [0, 0.1) is 0 Å². The van der Waals surface area contributed by atoms with Crippen LogP contribution in [0.15, 0.2) is 0 Å². The number of hydrogen-bond donors (Lipinski definition) is 1. The molecule has 0 saturated carbocycles. The van der Waals surface area contributed by atoms with E-state index in [-0.39, 0.29) is 0 Å². The zero-order chi connectivity index (χ0) is 12.7. The molecule has 1 atom stereocenters. The van der Waals surface area contributed by atoms with E-state index in [1.807, 2.05) is 0 Å². The summed E-state index contributed by atoms with van der Waals surface area (Å²) in [6.45, 7) is 16.5. The SMILES string of the molecule is CCN1CCN(C(C)CCCNC(C)C)CC1. The predicted octanol–water partition coefficient (Wildman–Crippen LogP) is 1.79. The van der Waals surface area contributed by atoms with E-state index >= 15 is 0 Å². The molecule has 1 fully saturated rings. The first-order valence-corrected chi connectivity index (χ1v) is 7.33. The van der Waals surface area contributed by atoms with Crippen LogP contribution in [0.4, 0.5) is 0 Å². The Labute approximate surface area is 108 Å². The average molecular weight is 241 g/mol. The lowest BCUT2D eigenvalue weighted by atomic mass is 10.1. The summed E-state index contributed by atoms with van der Waals surface area (Å²) in [5, 5.41) is 3.49. The Hall–Kier alpha value is -0.120. The van der Waals surface area contributed by atoms with Crippen LogP contribution >= 0.6 is 0 Å². The van der Waals surface area contributed by atoms with Gasteiger partial charge in [-0.15, -0.1) is 0 Å². The number of hydrogen-bond acceptors (Lipinski definition) is 3. The van der Waals surface area contributed by atoms with Crippen molar-refractivity contribution in [3.05, 3.63) is 0 Å². The van der Waals surface area contributed by atoms with Crippen LogP contribution in [0.1, 0.15) is 40.5 Å². The normalized spacial score (nSPS) is 21.0. The molecule has 102 valence electrons. The number of likely N-dealkylation sites (N-methyl/N-ethyl adjacent to an activating group) is 1. The Morgan fingerprint density at radius 2 is 1.71 bits per heavy atom. The molecule has 1 heterocycles. The van der Waals surface area contributed by atoms with Crippen molar-refractivity contribution >= 4 is 0 Å². The Bertz CT molecular complexity index is 186. The van der Waals surface area contributed by atoms with Gasteiger partial charge < -0.3 is 10.2 Å². The Kier molecular flexibility index (Phi) is 7.09. The smallest absolute Gasteiger partial charge is 0.0113 e. The van der Waals surface area contributed by atoms with Gasteiger partial charge in [0.15, 0.2) is 0 Å². The zero-order valence-corrected chi connectivity index (χ0v) is 12.2. The second-order valence-electron chi connectivity index (χ2n) is 5.57. The standard InChI is InChI=1S/C14H31N3/c1-5-16-9-11-17(12-10-16)14(4)7-6-8-15-13(2)3/h13-15H,5-12H2,1-4H3. The van der Waals surface area contributed by atoms with Gasteiger partial charge in [-0.1, -0.05) is 20.8 Å². The van der Waals surface area contributed by atoms with Gasteiger partial charge in [0.05, 0.1) is 0 Å². The summed E-state index contributed by atoms with van der Waals surface area (Å²) in [6.07, 6.45) is 2.62. The molecule has 0 aromatic carbocycles. The van der Waals surface area contributed by atoms with Crippen LogP contribution in [0.25, 0.3) is 0 Å². The summed E-state index contributed by atoms with van der Waals surface area (Å²) in [4.78, 5) is 5.20. The average Bonchev–Trinajstić information content (AvgIpc) is 2.34. The fourth-order valence-electron chi connectivity index (χ4n) is 2.49. The van der Waals surface area contributed by atoms with Gasteiger partial charge in [-0.05, 0) is 32.9 Å². The first kappa shape index (κ1) is 14.9. The van der Waals surface area contributed by atoms with Crippen molar-refractivity contribution in [1.29, 1.82) is 0 Å². The fourth-order valence-corrected chi connectivity index (χ4v) is 2.49. The molecule has 0 aromatic rings. The van der Waals surface area contributed by atoms with E-state index in [1.54, 1.807) is 0 Å². The van der Waals surface area contributed by atoms with Crippen LogP contribution in [-0.4, -0.2) is 61.2 Å². The molecule has 1 N–H and O–H groups in total. The highest BCUT2D eigenvalue weighted by Gasteiger charge is 2.19. The second kappa shape index (κ2) is 8.06. The van der Waals surface area contributed by atoms with Crippen LogP contribution in [-0.2, 0) is 0 Å². The molecule has 0 amide bonds. The molecule has 1 unspecified atom stereocenters. The number of nitrogens with one attached hydrogen (secondary N) is 1. The van der Waals surface area contributed by atoms with Gasteiger partial charge in [-0.3, -0.25) is 4.90 Å². The van der Waals surface area contributed by atoms with Crippen molar-refractivity contribution in [2.75, 3.05) is 39.3 Å². The van der Waals surface area contributed by atoms with Crippen molar-refractivity contribution in [2.24, 2.45) is 0 Å². The van der Waals surface area contributed by atoms with E-state index in [2.05, 4.69) is 42.8 Å². The third-order valence-electron chi connectivity index (χ3n) is 3.83. The maximum Gasteiger partial charge on any atom is 0.0113 e.